The van der Waals surface area contributed by atoms with Crippen LogP contribution in [0.2, 0.25) is 0 Å². The van der Waals surface area contributed by atoms with E-state index in [4.69, 9.17) is 9.47 Å². The number of likely N-dealkylation sites (tertiary alicyclic amines) is 1. The zero-order valence-corrected chi connectivity index (χ0v) is 15.8. The summed E-state index contributed by atoms with van der Waals surface area (Å²) in [5.41, 5.74) is 1.46. The van der Waals surface area contributed by atoms with Crippen LogP contribution in [0.1, 0.15) is 45.1 Å². The highest BCUT2D eigenvalue weighted by Crippen LogP contribution is 2.21. The monoisotopic (exact) mass is 369 g/mol. The van der Waals surface area contributed by atoms with Crippen LogP contribution in [0.4, 0.5) is 0 Å². The largest absolute Gasteiger partial charge is 0.472 e. The van der Waals surface area contributed by atoms with Gasteiger partial charge >= 0.3 is 5.97 Å². The predicted octanol–water partition coefficient (Wildman–Crippen LogP) is 2.56. The van der Waals surface area contributed by atoms with Crippen LogP contribution in [0, 0.1) is 13.8 Å². The number of carbonyl (C=O) groups excluding carboxylic acids is 2. The van der Waals surface area contributed by atoms with Crippen molar-refractivity contribution >= 4 is 11.9 Å². The van der Waals surface area contributed by atoms with Gasteiger partial charge in [0.2, 0.25) is 5.88 Å². The molecule has 0 radical (unpaired) electrons. The van der Waals surface area contributed by atoms with Gasteiger partial charge in [-0.15, -0.1) is 0 Å². The quantitative estimate of drug-likeness (QED) is 0.771. The Kier molecular flexibility index (Phi) is 5.69. The van der Waals surface area contributed by atoms with Crippen molar-refractivity contribution < 1.29 is 19.1 Å². The molecule has 7 nitrogen and oxygen atoms in total. The second kappa shape index (κ2) is 8.16. The molecule has 1 aromatic heterocycles. The fraction of sp³-hybridized carbons (Fsp3) is 0.400. The summed E-state index contributed by atoms with van der Waals surface area (Å²) in [7, 11) is 1.31. The molecular weight excluding hydrogens is 346 g/mol. The molecule has 1 fully saturated rings. The average molecular weight is 369 g/mol. The highest BCUT2D eigenvalue weighted by atomic mass is 16.5. The lowest BCUT2D eigenvalue weighted by molar-refractivity contribution is 0.0511. The highest BCUT2D eigenvalue weighted by Gasteiger charge is 2.28. The lowest BCUT2D eigenvalue weighted by Gasteiger charge is -2.33. The van der Waals surface area contributed by atoms with Gasteiger partial charge in [0, 0.05) is 18.3 Å². The van der Waals surface area contributed by atoms with Gasteiger partial charge in [-0.1, -0.05) is 12.1 Å². The number of aryl methyl sites for hydroxylation is 2. The number of hydrogen-bond acceptors (Lipinski definition) is 6. The molecule has 7 heteroatoms. The second-order valence-corrected chi connectivity index (χ2v) is 6.57. The average Bonchev–Trinajstić information content (AvgIpc) is 2.66. The fourth-order valence-corrected chi connectivity index (χ4v) is 3.26. The summed E-state index contributed by atoms with van der Waals surface area (Å²) in [6, 6.07) is 8.49. The van der Waals surface area contributed by atoms with E-state index in [2.05, 4.69) is 9.97 Å². The summed E-state index contributed by atoms with van der Waals surface area (Å²) in [5.74, 6) is 0.463. The number of ether oxygens (including phenoxy) is 2. The Morgan fingerprint density at radius 2 is 1.89 bits per heavy atom. The minimum absolute atomic E-state index is 0.151. The summed E-state index contributed by atoms with van der Waals surface area (Å²) in [6.45, 7) is 4.77. The number of aromatic nitrogens is 2. The SMILES string of the molecule is COC(=O)c1ccccc1C(=O)N1CCC[C@H](Oc2cc(C)nc(C)n2)C1. The number of piperidine rings is 1. The first kappa shape index (κ1) is 18.8. The molecule has 0 unspecified atom stereocenters. The van der Waals surface area contributed by atoms with Crippen molar-refractivity contribution in [2.75, 3.05) is 20.2 Å². The smallest absolute Gasteiger partial charge is 0.338 e. The number of nitrogens with zero attached hydrogens (tertiary/aromatic N) is 3. The van der Waals surface area contributed by atoms with Crippen LogP contribution in [-0.4, -0.2) is 53.0 Å². The maximum atomic E-state index is 13.0. The van der Waals surface area contributed by atoms with E-state index in [0.717, 1.165) is 18.5 Å². The number of amides is 1. The van der Waals surface area contributed by atoms with Crippen molar-refractivity contribution in [3.05, 3.63) is 53.0 Å². The molecule has 0 saturated carbocycles. The maximum Gasteiger partial charge on any atom is 0.338 e. The number of methoxy groups -OCH3 is 1. The lowest BCUT2D eigenvalue weighted by atomic mass is 10.0. The molecule has 2 aromatic rings. The third-order valence-corrected chi connectivity index (χ3v) is 4.46. The van der Waals surface area contributed by atoms with E-state index in [1.807, 2.05) is 13.8 Å². The topological polar surface area (TPSA) is 81.6 Å². The van der Waals surface area contributed by atoms with E-state index in [0.29, 0.717) is 30.4 Å². The van der Waals surface area contributed by atoms with Gasteiger partial charge in [-0.05, 0) is 38.8 Å². The van der Waals surface area contributed by atoms with Crippen molar-refractivity contribution in [2.45, 2.75) is 32.8 Å². The first-order valence-corrected chi connectivity index (χ1v) is 8.93. The van der Waals surface area contributed by atoms with Crippen LogP contribution in [0.3, 0.4) is 0 Å². The van der Waals surface area contributed by atoms with Gasteiger partial charge in [-0.25, -0.2) is 9.78 Å². The standard InChI is InChI=1S/C20H23N3O4/c1-13-11-18(22-14(2)21-13)27-15-7-6-10-23(12-15)19(24)16-8-4-5-9-17(16)20(25)26-3/h4-5,8-9,11,15H,6-7,10,12H2,1-3H3/t15-/m0/s1. The van der Waals surface area contributed by atoms with Gasteiger partial charge in [0.15, 0.2) is 0 Å². The molecule has 0 aliphatic carbocycles. The zero-order chi connectivity index (χ0) is 19.4. The molecular formula is C20H23N3O4. The number of rotatable bonds is 4. The molecule has 2 heterocycles. The van der Waals surface area contributed by atoms with Gasteiger partial charge in [0.25, 0.3) is 5.91 Å². The maximum absolute atomic E-state index is 13.0. The fourth-order valence-electron chi connectivity index (χ4n) is 3.26. The van der Waals surface area contributed by atoms with E-state index in [-0.39, 0.29) is 17.6 Å². The lowest BCUT2D eigenvalue weighted by Crippen LogP contribution is -2.44. The van der Waals surface area contributed by atoms with Crippen molar-refractivity contribution in [1.29, 1.82) is 0 Å². The van der Waals surface area contributed by atoms with Gasteiger partial charge in [-0.2, -0.15) is 4.98 Å². The molecule has 3 rings (SSSR count). The zero-order valence-electron chi connectivity index (χ0n) is 15.8. The second-order valence-electron chi connectivity index (χ2n) is 6.57. The number of hydrogen-bond donors (Lipinski definition) is 0. The van der Waals surface area contributed by atoms with Crippen LogP contribution >= 0.6 is 0 Å². The molecule has 1 aliphatic rings. The molecule has 1 atom stereocenters. The summed E-state index contributed by atoms with van der Waals surface area (Å²) in [6.07, 6.45) is 1.51. The first-order chi connectivity index (χ1) is 13.0. The number of benzene rings is 1. The van der Waals surface area contributed by atoms with Crippen molar-refractivity contribution in [2.24, 2.45) is 0 Å². The molecule has 1 aromatic carbocycles. The minimum atomic E-state index is -0.518. The van der Waals surface area contributed by atoms with E-state index < -0.39 is 5.97 Å². The van der Waals surface area contributed by atoms with E-state index in [1.54, 1.807) is 35.2 Å². The molecule has 142 valence electrons. The Labute approximate surface area is 158 Å². The Hall–Kier alpha value is -2.96. The van der Waals surface area contributed by atoms with Crippen molar-refractivity contribution in [1.82, 2.24) is 14.9 Å². The summed E-state index contributed by atoms with van der Waals surface area (Å²) in [5, 5.41) is 0. The minimum Gasteiger partial charge on any atom is -0.472 e. The van der Waals surface area contributed by atoms with E-state index >= 15 is 0 Å². The summed E-state index contributed by atoms with van der Waals surface area (Å²) in [4.78, 5) is 35.2. The van der Waals surface area contributed by atoms with Crippen molar-refractivity contribution in [3.8, 4) is 5.88 Å². The molecule has 27 heavy (non-hydrogen) atoms. The van der Waals surface area contributed by atoms with Crippen LogP contribution < -0.4 is 4.74 Å². The predicted molar refractivity (Wildman–Crippen MR) is 98.8 cm³/mol. The third-order valence-electron chi connectivity index (χ3n) is 4.46. The van der Waals surface area contributed by atoms with E-state index in [9.17, 15) is 9.59 Å². The van der Waals surface area contributed by atoms with Crippen LogP contribution in [0.5, 0.6) is 5.88 Å². The molecule has 0 N–H and O–H groups in total. The van der Waals surface area contributed by atoms with Crippen molar-refractivity contribution in [3.63, 3.8) is 0 Å². The molecule has 1 saturated heterocycles. The number of carbonyl (C=O) groups is 2. The van der Waals surface area contributed by atoms with E-state index in [1.165, 1.54) is 7.11 Å². The Morgan fingerprint density at radius 1 is 1.15 bits per heavy atom. The van der Waals surface area contributed by atoms with Crippen LogP contribution in [0.25, 0.3) is 0 Å². The third kappa shape index (κ3) is 4.42. The van der Waals surface area contributed by atoms with Crippen LogP contribution in [0.15, 0.2) is 30.3 Å². The van der Waals surface area contributed by atoms with Gasteiger partial charge < -0.3 is 14.4 Å². The Morgan fingerprint density at radius 3 is 2.59 bits per heavy atom. The molecule has 1 aliphatic heterocycles. The normalized spacial score (nSPS) is 16.7. The highest BCUT2D eigenvalue weighted by molar-refractivity contribution is 6.05. The van der Waals surface area contributed by atoms with Crippen LogP contribution in [-0.2, 0) is 4.74 Å². The molecule has 0 bridgehead atoms. The van der Waals surface area contributed by atoms with Gasteiger partial charge in [-0.3, -0.25) is 4.79 Å². The van der Waals surface area contributed by atoms with Gasteiger partial charge in [0.1, 0.15) is 11.9 Å². The molecule has 0 spiro atoms. The Bertz CT molecular complexity index is 833. The van der Waals surface area contributed by atoms with Gasteiger partial charge in [0.05, 0.1) is 24.8 Å². The summed E-state index contributed by atoms with van der Waals surface area (Å²) < 4.78 is 10.8. The summed E-state index contributed by atoms with van der Waals surface area (Å²) >= 11 is 0. The Balaban J connectivity index is 1.74. The number of esters is 1. The molecule has 1 amide bonds. The first-order valence-electron chi connectivity index (χ1n) is 8.93.